The molecule has 2 aliphatic heterocycles. The van der Waals surface area contributed by atoms with Crippen LogP contribution in [0.15, 0.2) is 121 Å². The normalized spacial score (nSPS) is 11.4. The Bertz CT molecular complexity index is 2570. The summed E-state index contributed by atoms with van der Waals surface area (Å²) in [6, 6.07) is 37.7. The number of benzene rings is 4. The van der Waals surface area contributed by atoms with Crippen molar-refractivity contribution in [2.75, 3.05) is 0 Å². The van der Waals surface area contributed by atoms with Crippen molar-refractivity contribution in [3.63, 3.8) is 0 Å². The molecule has 7 aromatic rings. The fraction of sp³-hybridized carbons (Fsp3) is 0. The van der Waals surface area contributed by atoms with E-state index in [0.717, 1.165) is 95.2 Å². The monoisotopic (exact) mass is 718 g/mol. The van der Waals surface area contributed by atoms with E-state index < -0.39 is 0 Å². The molecule has 0 aliphatic carbocycles. The van der Waals surface area contributed by atoms with Crippen molar-refractivity contribution in [2.45, 2.75) is 0 Å². The molecule has 8 bridgehead atoms. The standard InChI is InChI=1S/C44H26B4N4O4/c53-45-29-9-1-25(2-10-29)41-33-17-19-35(49-33)42(26-3-11-30(46-54)12-4-26)37-21-23-39(51-37)44(28-7-15-32(48-56)16-8-28)40-24-22-38(52-40)43(36-20-18-34(41)50-36)27-5-13-31(47-55)14-6-27/h1-24,49,52H. The van der Waals surface area contributed by atoms with Crippen molar-refractivity contribution in [3.8, 4) is 44.5 Å². The first kappa shape index (κ1) is 34.7. The quantitative estimate of drug-likeness (QED) is 0.185. The SMILES string of the molecule is O=Bc1ccc(-c2c3nc(c(-c4ccc(B=O)cc4)c4ccc([nH]4)c(-c4ccc(B=O)cc4)c4nc(c(-c5ccc(B=O)cc5)c5ccc2[nH]5)C=C4)C=C3)cc1. The summed E-state index contributed by atoms with van der Waals surface area (Å²) in [5.74, 6) is 0. The number of nitrogens with one attached hydrogen (secondary N) is 2. The molecule has 12 heteroatoms. The van der Waals surface area contributed by atoms with Gasteiger partial charge in [-0.25, -0.2) is 0 Å². The Morgan fingerprint density at radius 1 is 0.304 bits per heavy atom. The third-order valence-corrected chi connectivity index (χ3v) is 10.1. The van der Waals surface area contributed by atoms with Crippen LogP contribution in [0.4, 0.5) is 0 Å². The first-order chi connectivity index (χ1) is 27.5. The molecular formula is C44H26B4N4O4. The van der Waals surface area contributed by atoms with Gasteiger partial charge in [0, 0.05) is 0 Å². The average molecular weight is 718 g/mol. The number of hydrogen-bond acceptors (Lipinski definition) is 6. The summed E-state index contributed by atoms with van der Waals surface area (Å²) in [5.41, 5.74) is 15.0. The van der Waals surface area contributed by atoms with E-state index in [9.17, 15) is 18.8 Å². The van der Waals surface area contributed by atoms with Crippen LogP contribution in [-0.2, 0) is 18.8 Å². The van der Waals surface area contributed by atoms with E-state index in [-0.39, 0.29) is 0 Å². The summed E-state index contributed by atoms with van der Waals surface area (Å²) in [5, 5.41) is 0. The zero-order valence-corrected chi connectivity index (χ0v) is 29.7. The molecule has 56 heavy (non-hydrogen) atoms. The third kappa shape index (κ3) is 6.35. The molecule has 0 amide bonds. The Labute approximate surface area is 323 Å². The zero-order chi connectivity index (χ0) is 38.2. The maximum absolute atomic E-state index is 11.6. The summed E-state index contributed by atoms with van der Waals surface area (Å²) >= 11 is 0. The second-order valence-corrected chi connectivity index (χ2v) is 13.5. The molecule has 8 nitrogen and oxygen atoms in total. The van der Waals surface area contributed by atoms with E-state index in [1.165, 1.54) is 0 Å². The van der Waals surface area contributed by atoms with Crippen molar-refractivity contribution >= 4 is 96.8 Å². The average Bonchev–Trinajstić information content (AvgIpc) is 4.10. The van der Waals surface area contributed by atoms with E-state index in [4.69, 9.17) is 9.97 Å². The molecule has 0 saturated carbocycles. The van der Waals surface area contributed by atoms with Crippen LogP contribution in [0, 0.1) is 0 Å². The minimum absolute atomic E-state index is 0.561. The molecule has 0 radical (unpaired) electrons. The van der Waals surface area contributed by atoms with Gasteiger partial charge < -0.3 is 0 Å². The molecule has 4 aromatic carbocycles. The van der Waals surface area contributed by atoms with Crippen LogP contribution < -0.4 is 21.9 Å². The Balaban J connectivity index is 1.45. The third-order valence-electron chi connectivity index (χ3n) is 10.1. The summed E-state index contributed by atoms with van der Waals surface area (Å²) in [4.78, 5) is 17.9. The Hall–Kier alpha value is -7.06. The number of aromatic nitrogens is 4. The van der Waals surface area contributed by atoms with Gasteiger partial charge in [0.15, 0.2) is 0 Å². The molecule has 5 heterocycles. The number of nitrogens with zero attached hydrogens (tertiary/aromatic N) is 2. The van der Waals surface area contributed by atoms with Gasteiger partial charge in [-0.05, 0) is 0 Å². The van der Waals surface area contributed by atoms with Crippen LogP contribution in [0.5, 0.6) is 0 Å². The number of rotatable bonds is 8. The van der Waals surface area contributed by atoms with E-state index in [2.05, 4.69) is 9.97 Å². The summed E-state index contributed by atoms with van der Waals surface area (Å²) in [6.45, 7) is 0. The number of hydrogen-bond donors (Lipinski definition) is 2. The summed E-state index contributed by atoms with van der Waals surface area (Å²) in [7, 11) is 3.29. The molecule has 9 rings (SSSR count). The van der Waals surface area contributed by atoms with Gasteiger partial charge in [0.1, 0.15) is 0 Å². The van der Waals surface area contributed by atoms with E-state index in [0.29, 0.717) is 44.6 Å². The second kappa shape index (κ2) is 14.6. The zero-order valence-electron chi connectivity index (χ0n) is 29.7. The molecular weight excluding hydrogens is 692 g/mol. The van der Waals surface area contributed by atoms with Crippen molar-refractivity contribution in [3.05, 3.63) is 144 Å². The predicted octanol–water partition coefficient (Wildman–Crippen LogP) is 6.02. The van der Waals surface area contributed by atoms with E-state index in [1.807, 2.05) is 97.1 Å². The Morgan fingerprint density at radius 2 is 0.518 bits per heavy atom. The van der Waals surface area contributed by atoms with Gasteiger partial charge in [0.05, 0.1) is 0 Å². The van der Waals surface area contributed by atoms with Crippen LogP contribution in [0.1, 0.15) is 22.8 Å². The first-order valence-electron chi connectivity index (χ1n) is 17.9. The van der Waals surface area contributed by atoms with Gasteiger partial charge in [0.2, 0.25) is 0 Å². The van der Waals surface area contributed by atoms with Gasteiger partial charge in [-0.1, -0.05) is 0 Å². The molecule has 0 fully saturated rings. The van der Waals surface area contributed by atoms with Gasteiger partial charge in [0.25, 0.3) is 0 Å². The van der Waals surface area contributed by atoms with Gasteiger partial charge in [-0.3, -0.25) is 0 Å². The first-order valence-corrected chi connectivity index (χ1v) is 17.9. The van der Waals surface area contributed by atoms with E-state index in [1.54, 1.807) is 48.5 Å². The van der Waals surface area contributed by atoms with Gasteiger partial charge >= 0.3 is 324 Å². The topological polar surface area (TPSA) is 126 Å². The summed E-state index contributed by atoms with van der Waals surface area (Å²) in [6.07, 6.45) is 7.94. The van der Waals surface area contributed by atoms with Gasteiger partial charge in [-0.2, -0.15) is 0 Å². The van der Waals surface area contributed by atoms with Crippen LogP contribution in [0.3, 0.4) is 0 Å². The number of fused-ring (bicyclic) bond motifs is 8. The molecule has 2 aliphatic rings. The predicted molar refractivity (Wildman–Crippen MR) is 225 cm³/mol. The van der Waals surface area contributed by atoms with Crippen LogP contribution in [0.2, 0.25) is 0 Å². The van der Waals surface area contributed by atoms with Crippen molar-refractivity contribution in [2.24, 2.45) is 0 Å². The number of H-pyrrole nitrogens is 2. The number of aromatic amines is 2. The fourth-order valence-electron chi connectivity index (χ4n) is 7.33. The molecule has 258 valence electrons. The Morgan fingerprint density at radius 3 is 0.714 bits per heavy atom. The molecule has 0 spiro atoms. The Kier molecular flexibility index (Phi) is 9.07. The molecule has 0 saturated heterocycles. The van der Waals surface area contributed by atoms with Crippen molar-refractivity contribution in [1.29, 1.82) is 0 Å². The van der Waals surface area contributed by atoms with E-state index >= 15 is 0 Å². The fourth-order valence-corrected chi connectivity index (χ4v) is 7.33. The summed E-state index contributed by atoms with van der Waals surface area (Å²) < 4.78 is 46.5. The molecule has 0 atom stereocenters. The minimum atomic E-state index is 0.561. The molecule has 2 N–H and O–H groups in total. The second-order valence-electron chi connectivity index (χ2n) is 13.5. The van der Waals surface area contributed by atoms with Crippen molar-refractivity contribution in [1.82, 2.24) is 19.9 Å². The van der Waals surface area contributed by atoms with Crippen LogP contribution in [-0.4, -0.2) is 48.5 Å². The van der Waals surface area contributed by atoms with Crippen LogP contribution in [0.25, 0.3) is 90.9 Å². The van der Waals surface area contributed by atoms with Crippen molar-refractivity contribution < 1.29 is 18.8 Å². The van der Waals surface area contributed by atoms with Gasteiger partial charge in [-0.15, -0.1) is 0 Å². The molecule has 3 aromatic heterocycles. The maximum atomic E-state index is 11.6. The molecule has 0 unspecified atom stereocenters. The van der Waals surface area contributed by atoms with Crippen LogP contribution >= 0.6 is 0 Å².